The Bertz CT molecular complexity index is 472. The molecule has 20 heavy (non-hydrogen) atoms. The van der Waals surface area contributed by atoms with Crippen molar-refractivity contribution in [2.45, 2.75) is 39.8 Å². The summed E-state index contributed by atoms with van der Waals surface area (Å²) in [5.74, 6) is 0. The van der Waals surface area contributed by atoms with Gasteiger partial charge in [-0.25, -0.2) is 0 Å². The fraction of sp³-hybridized carbons (Fsp3) is 0.571. The molecule has 0 amide bonds. The van der Waals surface area contributed by atoms with Crippen LogP contribution in [0.1, 0.15) is 32.8 Å². The Morgan fingerprint density at radius 3 is 2.65 bits per heavy atom. The molecular formula is C14H21BrN2O3. The molecule has 1 aromatic rings. The number of hydrogen-bond acceptors (Lipinski definition) is 4. The van der Waals surface area contributed by atoms with Crippen molar-refractivity contribution in [3.63, 3.8) is 0 Å². The molecule has 1 aromatic carbocycles. The van der Waals surface area contributed by atoms with Gasteiger partial charge in [0.15, 0.2) is 0 Å². The van der Waals surface area contributed by atoms with E-state index in [1.807, 2.05) is 0 Å². The Hall–Kier alpha value is -0.980. The van der Waals surface area contributed by atoms with Gasteiger partial charge in [-0.3, -0.25) is 10.1 Å². The van der Waals surface area contributed by atoms with Gasteiger partial charge in [0.05, 0.1) is 11.0 Å². The first-order valence-corrected chi connectivity index (χ1v) is 7.30. The molecule has 0 aliphatic carbocycles. The fourth-order valence-corrected chi connectivity index (χ4v) is 2.36. The van der Waals surface area contributed by atoms with Gasteiger partial charge in [-0.1, -0.05) is 36.7 Å². The predicted molar refractivity (Wildman–Crippen MR) is 82.6 cm³/mol. The summed E-state index contributed by atoms with van der Waals surface area (Å²) in [6.07, 6.45) is 0.229. The molecule has 1 atom stereocenters. The molecular weight excluding hydrogens is 324 g/mol. The molecule has 0 fully saturated rings. The van der Waals surface area contributed by atoms with Crippen LogP contribution in [-0.2, 0) is 6.54 Å². The lowest BCUT2D eigenvalue weighted by Gasteiger charge is -2.22. The monoisotopic (exact) mass is 344 g/mol. The Kier molecular flexibility index (Phi) is 6.10. The number of hydrogen-bond donors (Lipinski definition) is 2. The van der Waals surface area contributed by atoms with Crippen LogP contribution in [0.15, 0.2) is 22.7 Å². The van der Waals surface area contributed by atoms with Gasteiger partial charge in [0, 0.05) is 29.2 Å². The van der Waals surface area contributed by atoms with Gasteiger partial charge in [0.1, 0.15) is 0 Å². The van der Waals surface area contributed by atoms with Crippen molar-refractivity contribution in [3.05, 3.63) is 38.3 Å². The maximum Gasteiger partial charge on any atom is 0.275 e. The second-order valence-corrected chi connectivity index (χ2v) is 7.00. The summed E-state index contributed by atoms with van der Waals surface area (Å²) in [6.45, 7) is 6.98. The average Bonchev–Trinajstić information content (AvgIpc) is 2.28. The SMILES string of the molecule is CC(C)(C)CC(O)CNCc1ccc(Br)cc1[N+](=O)[O-]. The van der Waals surface area contributed by atoms with Gasteiger partial charge in [0.25, 0.3) is 5.69 Å². The number of aliphatic hydroxyl groups is 1. The molecule has 5 nitrogen and oxygen atoms in total. The first-order valence-electron chi connectivity index (χ1n) is 6.50. The summed E-state index contributed by atoms with van der Waals surface area (Å²) >= 11 is 3.22. The van der Waals surface area contributed by atoms with Crippen LogP contribution < -0.4 is 5.32 Å². The van der Waals surface area contributed by atoms with Crippen LogP contribution in [0.3, 0.4) is 0 Å². The number of benzene rings is 1. The zero-order valence-electron chi connectivity index (χ0n) is 12.0. The summed E-state index contributed by atoms with van der Waals surface area (Å²) in [4.78, 5) is 10.6. The highest BCUT2D eigenvalue weighted by molar-refractivity contribution is 9.10. The maximum absolute atomic E-state index is 11.0. The van der Waals surface area contributed by atoms with E-state index in [0.29, 0.717) is 29.5 Å². The van der Waals surface area contributed by atoms with Gasteiger partial charge in [-0.15, -0.1) is 0 Å². The molecule has 6 heteroatoms. The van der Waals surface area contributed by atoms with Crippen molar-refractivity contribution < 1.29 is 10.0 Å². The molecule has 0 bridgehead atoms. The van der Waals surface area contributed by atoms with Crippen LogP contribution >= 0.6 is 15.9 Å². The Labute approximate surface area is 127 Å². The van der Waals surface area contributed by atoms with E-state index in [0.717, 1.165) is 0 Å². The van der Waals surface area contributed by atoms with Crippen LogP contribution in [-0.4, -0.2) is 22.7 Å². The Balaban J connectivity index is 2.56. The third-order valence-electron chi connectivity index (χ3n) is 2.79. The Morgan fingerprint density at radius 2 is 2.10 bits per heavy atom. The van der Waals surface area contributed by atoms with Crippen LogP contribution in [0.5, 0.6) is 0 Å². The number of nitro groups is 1. The van der Waals surface area contributed by atoms with E-state index in [-0.39, 0.29) is 11.1 Å². The molecule has 0 aliphatic rings. The minimum absolute atomic E-state index is 0.0602. The molecule has 0 aliphatic heterocycles. The van der Waals surface area contributed by atoms with Gasteiger partial charge in [-0.05, 0) is 24.0 Å². The first kappa shape index (κ1) is 17.1. The molecule has 1 unspecified atom stereocenters. The molecule has 0 radical (unpaired) electrons. The number of nitrogens with zero attached hydrogens (tertiary/aromatic N) is 1. The summed E-state index contributed by atoms with van der Waals surface area (Å²) < 4.78 is 0.681. The number of nitrogens with one attached hydrogen (secondary N) is 1. The van der Waals surface area contributed by atoms with Crippen LogP contribution in [0.2, 0.25) is 0 Å². The van der Waals surface area contributed by atoms with Crippen LogP contribution in [0.25, 0.3) is 0 Å². The van der Waals surface area contributed by atoms with E-state index >= 15 is 0 Å². The standard InChI is InChI=1S/C14H21BrN2O3/c1-14(2,3)7-12(18)9-16-8-10-4-5-11(15)6-13(10)17(19)20/h4-6,12,16,18H,7-9H2,1-3H3. The molecule has 0 saturated heterocycles. The minimum Gasteiger partial charge on any atom is -0.392 e. The quantitative estimate of drug-likeness (QED) is 0.613. The lowest BCUT2D eigenvalue weighted by atomic mass is 9.89. The summed E-state index contributed by atoms with van der Waals surface area (Å²) in [6, 6.07) is 4.98. The van der Waals surface area contributed by atoms with E-state index in [9.17, 15) is 15.2 Å². The normalized spacial score (nSPS) is 13.2. The highest BCUT2D eigenvalue weighted by Gasteiger charge is 2.17. The lowest BCUT2D eigenvalue weighted by molar-refractivity contribution is -0.385. The average molecular weight is 345 g/mol. The van der Waals surface area contributed by atoms with Crippen molar-refractivity contribution in [1.29, 1.82) is 0 Å². The predicted octanol–water partition coefficient (Wildman–Crippen LogP) is 3.24. The molecule has 2 N–H and O–H groups in total. The third-order valence-corrected chi connectivity index (χ3v) is 3.28. The van der Waals surface area contributed by atoms with E-state index in [4.69, 9.17) is 0 Å². The zero-order valence-corrected chi connectivity index (χ0v) is 13.6. The van der Waals surface area contributed by atoms with Gasteiger partial charge in [0.2, 0.25) is 0 Å². The molecule has 0 spiro atoms. The topological polar surface area (TPSA) is 75.4 Å². The summed E-state index contributed by atoms with van der Waals surface area (Å²) in [5, 5.41) is 23.9. The van der Waals surface area contributed by atoms with Crippen LogP contribution in [0, 0.1) is 15.5 Å². The van der Waals surface area contributed by atoms with E-state index in [1.54, 1.807) is 12.1 Å². The maximum atomic E-state index is 11.0. The van der Waals surface area contributed by atoms with Crippen molar-refractivity contribution in [2.24, 2.45) is 5.41 Å². The summed E-state index contributed by atoms with van der Waals surface area (Å²) in [7, 11) is 0. The number of aliphatic hydroxyl groups excluding tert-OH is 1. The number of nitro benzene ring substituents is 1. The fourth-order valence-electron chi connectivity index (χ4n) is 2.01. The van der Waals surface area contributed by atoms with Crippen molar-refractivity contribution >= 4 is 21.6 Å². The molecule has 0 aromatic heterocycles. The molecule has 0 saturated carbocycles. The third kappa shape index (κ3) is 5.98. The van der Waals surface area contributed by atoms with Gasteiger partial charge in [-0.2, -0.15) is 0 Å². The minimum atomic E-state index is -0.454. The van der Waals surface area contributed by atoms with Crippen molar-refractivity contribution in [3.8, 4) is 0 Å². The molecule has 112 valence electrons. The largest absolute Gasteiger partial charge is 0.392 e. The molecule has 1 rings (SSSR count). The van der Waals surface area contributed by atoms with Crippen LogP contribution in [0.4, 0.5) is 5.69 Å². The molecule has 0 heterocycles. The van der Waals surface area contributed by atoms with Gasteiger partial charge >= 0.3 is 0 Å². The lowest BCUT2D eigenvalue weighted by Crippen LogP contribution is -2.30. The van der Waals surface area contributed by atoms with Crippen molar-refractivity contribution in [1.82, 2.24) is 5.32 Å². The number of halogens is 1. The number of rotatable bonds is 6. The van der Waals surface area contributed by atoms with E-state index in [1.165, 1.54) is 6.07 Å². The first-order chi connectivity index (χ1) is 9.19. The smallest absolute Gasteiger partial charge is 0.275 e. The Morgan fingerprint density at radius 1 is 1.45 bits per heavy atom. The zero-order chi connectivity index (χ0) is 15.3. The van der Waals surface area contributed by atoms with Crippen molar-refractivity contribution in [2.75, 3.05) is 6.54 Å². The van der Waals surface area contributed by atoms with E-state index < -0.39 is 11.0 Å². The summed E-state index contributed by atoms with van der Waals surface area (Å²) in [5.41, 5.74) is 0.753. The second kappa shape index (κ2) is 7.15. The second-order valence-electron chi connectivity index (χ2n) is 6.08. The van der Waals surface area contributed by atoms with Gasteiger partial charge < -0.3 is 10.4 Å². The highest BCUT2D eigenvalue weighted by atomic mass is 79.9. The highest BCUT2D eigenvalue weighted by Crippen LogP contribution is 2.24. The van der Waals surface area contributed by atoms with E-state index in [2.05, 4.69) is 42.0 Å².